The summed E-state index contributed by atoms with van der Waals surface area (Å²) in [5.41, 5.74) is 1.18. The van der Waals surface area contributed by atoms with E-state index in [9.17, 15) is 4.79 Å². The summed E-state index contributed by atoms with van der Waals surface area (Å²) in [6.07, 6.45) is 1.88. The van der Waals surface area contributed by atoms with Crippen molar-refractivity contribution in [3.63, 3.8) is 0 Å². The predicted octanol–water partition coefficient (Wildman–Crippen LogP) is 4.44. The summed E-state index contributed by atoms with van der Waals surface area (Å²) in [6, 6.07) is 13.7. The molecule has 3 heterocycles. The summed E-state index contributed by atoms with van der Waals surface area (Å²) in [6.45, 7) is 3.90. The second-order valence-electron chi connectivity index (χ2n) is 7.20. The van der Waals surface area contributed by atoms with Gasteiger partial charge in [-0.05, 0) is 49.0 Å². The lowest BCUT2D eigenvalue weighted by molar-refractivity contribution is -0.137. The third kappa shape index (κ3) is 4.49. The molecule has 8 heteroatoms. The summed E-state index contributed by atoms with van der Waals surface area (Å²) in [7, 11) is 0. The van der Waals surface area contributed by atoms with Gasteiger partial charge in [-0.2, -0.15) is 5.10 Å². The van der Waals surface area contributed by atoms with Gasteiger partial charge in [0.25, 0.3) is 0 Å². The van der Waals surface area contributed by atoms with E-state index in [1.54, 1.807) is 11.3 Å². The van der Waals surface area contributed by atoms with E-state index in [1.165, 1.54) is 5.56 Å². The summed E-state index contributed by atoms with van der Waals surface area (Å²) >= 11 is 6.98. The Morgan fingerprint density at radius 2 is 2.03 bits per heavy atom. The number of aromatic nitrogens is 3. The van der Waals surface area contributed by atoms with Crippen molar-refractivity contribution in [2.24, 2.45) is 0 Å². The van der Waals surface area contributed by atoms with Crippen LogP contribution in [0.25, 0.3) is 10.7 Å². The fourth-order valence-corrected chi connectivity index (χ4v) is 4.65. The van der Waals surface area contributed by atoms with Gasteiger partial charge in [-0.15, -0.1) is 11.3 Å². The molecule has 1 N–H and O–H groups in total. The molecule has 0 aliphatic carbocycles. The minimum atomic E-state index is -0.403. The highest BCUT2D eigenvalue weighted by atomic mass is 32.1. The fourth-order valence-electron chi connectivity index (χ4n) is 3.65. The molecule has 1 amide bonds. The molecule has 1 aliphatic heterocycles. The number of rotatable bonds is 6. The Hall–Kier alpha value is -2.29. The van der Waals surface area contributed by atoms with Crippen molar-refractivity contribution >= 4 is 29.5 Å². The summed E-state index contributed by atoms with van der Waals surface area (Å²) in [5.74, 6) is 0.786. The third-order valence-corrected chi connectivity index (χ3v) is 6.43. The highest BCUT2D eigenvalue weighted by Gasteiger charge is 2.29. The number of benzene rings is 1. The summed E-state index contributed by atoms with van der Waals surface area (Å²) in [4.78, 5) is 16.0. The molecule has 1 aromatic carbocycles. The number of likely N-dealkylation sites (tertiary alicyclic amines) is 1. The van der Waals surface area contributed by atoms with Crippen molar-refractivity contribution in [2.45, 2.75) is 38.5 Å². The molecule has 0 saturated carbocycles. The Bertz CT molecular complexity index is 989. The zero-order valence-corrected chi connectivity index (χ0v) is 17.9. The first kappa shape index (κ1) is 20.0. The zero-order valence-electron chi connectivity index (χ0n) is 16.3. The van der Waals surface area contributed by atoms with E-state index in [-0.39, 0.29) is 12.0 Å². The van der Waals surface area contributed by atoms with Crippen LogP contribution in [0.5, 0.6) is 0 Å². The average Bonchev–Trinajstić information content (AvgIpc) is 3.42. The van der Waals surface area contributed by atoms with Gasteiger partial charge in [0.2, 0.25) is 5.91 Å². The first-order chi connectivity index (χ1) is 14.1. The number of hydrogen-bond acceptors (Lipinski definition) is 5. The Labute approximate surface area is 179 Å². The number of hydrogen-bond donors (Lipinski definition) is 1. The quantitative estimate of drug-likeness (QED) is 0.590. The van der Waals surface area contributed by atoms with E-state index in [0.29, 0.717) is 30.3 Å². The van der Waals surface area contributed by atoms with Crippen LogP contribution in [0.2, 0.25) is 0 Å². The molecular formula is C21H24N4O2S2. The lowest BCUT2D eigenvalue weighted by atomic mass is 10.1. The molecule has 29 heavy (non-hydrogen) atoms. The van der Waals surface area contributed by atoms with E-state index in [0.717, 1.165) is 17.7 Å². The lowest BCUT2D eigenvalue weighted by Gasteiger charge is -2.33. The van der Waals surface area contributed by atoms with Crippen molar-refractivity contribution < 1.29 is 9.53 Å². The monoisotopic (exact) mass is 428 g/mol. The van der Waals surface area contributed by atoms with Crippen LogP contribution in [-0.2, 0) is 16.1 Å². The zero-order chi connectivity index (χ0) is 20.2. The highest BCUT2D eigenvalue weighted by Crippen LogP contribution is 2.27. The van der Waals surface area contributed by atoms with Crippen LogP contribution in [-0.4, -0.2) is 44.8 Å². The van der Waals surface area contributed by atoms with E-state index in [2.05, 4.69) is 22.3 Å². The topological polar surface area (TPSA) is 63.1 Å². The molecule has 1 fully saturated rings. The molecule has 1 aliphatic rings. The molecule has 6 nitrogen and oxygen atoms in total. The van der Waals surface area contributed by atoms with Crippen LogP contribution in [0, 0.1) is 4.77 Å². The molecule has 152 valence electrons. The van der Waals surface area contributed by atoms with Crippen LogP contribution in [0.1, 0.15) is 31.4 Å². The van der Waals surface area contributed by atoms with Crippen molar-refractivity contribution in [3.8, 4) is 10.7 Å². The van der Waals surface area contributed by atoms with Gasteiger partial charge in [-0.1, -0.05) is 36.4 Å². The number of piperidine rings is 1. The van der Waals surface area contributed by atoms with Gasteiger partial charge in [0.15, 0.2) is 10.6 Å². The third-order valence-electron chi connectivity index (χ3n) is 5.27. The van der Waals surface area contributed by atoms with E-state index in [1.807, 2.05) is 52.1 Å². The minimum Gasteiger partial charge on any atom is -0.373 e. The summed E-state index contributed by atoms with van der Waals surface area (Å²) < 4.78 is 8.33. The number of nitrogens with one attached hydrogen (secondary N) is 1. The van der Waals surface area contributed by atoms with E-state index in [4.69, 9.17) is 17.0 Å². The largest absolute Gasteiger partial charge is 0.373 e. The predicted molar refractivity (Wildman–Crippen MR) is 116 cm³/mol. The first-order valence-electron chi connectivity index (χ1n) is 9.78. The molecule has 1 unspecified atom stereocenters. The van der Waals surface area contributed by atoms with Crippen LogP contribution >= 0.6 is 23.6 Å². The molecule has 1 atom stereocenters. The van der Waals surface area contributed by atoms with Gasteiger partial charge in [-0.25, -0.2) is 0 Å². The number of aromatic amines is 1. The Kier molecular flexibility index (Phi) is 6.22. The van der Waals surface area contributed by atoms with Crippen molar-refractivity contribution in [1.29, 1.82) is 0 Å². The number of thiophene rings is 1. The molecule has 3 aromatic rings. The van der Waals surface area contributed by atoms with Gasteiger partial charge >= 0.3 is 0 Å². The second kappa shape index (κ2) is 9.02. The average molecular weight is 429 g/mol. The highest BCUT2D eigenvalue weighted by molar-refractivity contribution is 7.71. The number of ether oxygens (including phenoxy) is 1. The Morgan fingerprint density at radius 1 is 1.28 bits per heavy atom. The smallest absolute Gasteiger partial charge is 0.245 e. The minimum absolute atomic E-state index is 0.0711. The van der Waals surface area contributed by atoms with Crippen molar-refractivity contribution in [2.75, 3.05) is 13.1 Å². The maximum Gasteiger partial charge on any atom is 0.245 e. The summed E-state index contributed by atoms with van der Waals surface area (Å²) in [5, 5.41) is 9.16. The van der Waals surface area contributed by atoms with Crippen LogP contribution < -0.4 is 0 Å². The van der Waals surface area contributed by atoms with Gasteiger partial charge in [0.1, 0.15) is 6.04 Å². The number of carbonyl (C=O) groups is 1. The normalized spacial score (nSPS) is 16.1. The number of H-pyrrole nitrogens is 1. The van der Waals surface area contributed by atoms with Crippen LogP contribution in [0.3, 0.4) is 0 Å². The number of amides is 1. The maximum atomic E-state index is 13.1. The Balaban J connectivity index is 1.36. The van der Waals surface area contributed by atoms with Gasteiger partial charge in [-0.3, -0.25) is 14.5 Å². The molecule has 0 bridgehead atoms. The van der Waals surface area contributed by atoms with E-state index < -0.39 is 6.04 Å². The van der Waals surface area contributed by atoms with Gasteiger partial charge < -0.3 is 9.64 Å². The molecule has 1 saturated heterocycles. The fraction of sp³-hybridized carbons (Fsp3) is 0.381. The molecular weight excluding hydrogens is 404 g/mol. The van der Waals surface area contributed by atoms with Gasteiger partial charge in [0.05, 0.1) is 17.6 Å². The Morgan fingerprint density at radius 3 is 2.72 bits per heavy atom. The standard InChI is InChI=1S/C21H24N4O2S2/c1-15(25-19(22-23-21(25)28)18-8-5-13-29-18)20(26)24-11-9-17(10-12-24)27-14-16-6-3-2-4-7-16/h2-8,13,15,17H,9-12,14H2,1H3,(H,23,28). The number of nitrogens with zero attached hydrogens (tertiary/aromatic N) is 3. The maximum absolute atomic E-state index is 13.1. The lowest BCUT2D eigenvalue weighted by Crippen LogP contribution is -2.43. The number of carbonyl (C=O) groups excluding carboxylic acids is 1. The second-order valence-corrected chi connectivity index (χ2v) is 8.53. The molecule has 4 rings (SSSR count). The van der Waals surface area contributed by atoms with Gasteiger partial charge in [0, 0.05) is 13.1 Å². The molecule has 0 radical (unpaired) electrons. The molecule has 0 spiro atoms. The van der Waals surface area contributed by atoms with E-state index >= 15 is 0 Å². The molecule has 2 aromatic heterocycles. The van der Waals surface area contributed by atoms with Crippen molar-refractivity contribution in [3.05, 3.63) is 58.2 Å². The SMILES string of the molecule is CC(C(=O)N1CCC(OCc2ccccc2)CC1)n1c(-c2cccs2)n[nH]c1=S. The first-order valence-corrected chi connectivity index (χ1v) is 11.1. The van der Waals surface area contributed by atoms with Crippen molar-refractivity contribution in [1.82, 2.24) is 19.7 Å². The van der Waals surface area contributed by atoms with Crippen LogP contribution in [0.4, 0.5) is 0 Å². The van der Waals surface area contributed by atoms with Crippen LogP contribution in [0.15, 0.2) is 47.8 Å².